The fourth-order valence-electron chi connectivity index (χ4n) is 1.89. The zero-order valence-corrected chi connectivity index (χ0v) is 13.0. The van der Waals surface area contributed by atoms with E-state index in [1.54, 1.807) is 42.5 Å². The Balaban J connectivity index is 1.86. The molecule has 0 N–H and O–H groups in total. The normalized spacial score (nSPS) is 10.3. The Kier molecular flexibility index (Phi) is 5.72. The second kappa shape index (κ2) is 7.75. The van der Waals surface area contributed by atoms with Gasteiger partial charge in [0.1, 0.15) is 5.82 Å². The largest absolute Gasteiger partial charge is 0.312 e. The van der Waals surface area contributed by atoms with E-state index < -0.39 is 5.82 Å². The number of thioether (sulfide) groups is 1. The van der Waals surface area contributed by atoms with Gasteiger partial charge in [0, 0.05) is 12.6 Å². The number of carbonyl (C=O) groups excluding carboxylic acids is 2. The molecule has 0 aliphatic heterocycles. The number of rotatable bonds is 6. The molecule has 114 valence electrons. The third-order valence-electron chi connectivity index (χ3n) is 3.14. The summed E-state index contributed by atoms with van der Waals surface area (Å²) in [5.41, 5.74) is 0.868. The number of carbonyl (C=O) groups is 2. The van der Waals surface area contributed by atoms with Crippen LogP contribution in [-0.2, 0) is 4.79 Å². The summed E-state index contributed by atoms with van der Waals surface area (Å²) in [6, 6.07) is 15.0. The van der Waals surface area contributed by atoms with Gasteiger partial charge in [0.25, 0.3) is 0 Å². The average molecular weight is 317 g/mol. The molecule has 0 radical (unpaired) electrons. The first kappa shape index (κ1) is 16.2. The highest BCUT2D eigenvalue weighted by Gasteiger charge is 2.15. The van der Waals surface area contributed by atoms with Gasteiger partial charge in [-0.15, -0.1) is 11.8 Å². The van der Waals surface area contributed by atoms with Crippen molar-refractivity contribution in [2.24, 2.45) is 0 Å². The Hall–Kier alpha value is -2.14. The van der Waals surface area contributed by atoms with Gasteiger partial charge in [-0.25, -0.2) is 4.39 Å². The van der Waals surface area contributed by atoms with Gasteiger partial charge in [-0.1, -0.05) is 42.5 Å². The van der Waals surface area contributed by atoms with Crippen molar-refractivity contribution in [1.82, 2.24) is 0 Å². The number of Topliss-reactive ketones (excluding diaryl/α,β-unsaturated/α-hetero) is 1. The van der Waals surface area contributed by atoms with E-state index in [-0.39, 0.29) is 28.9 Å². The van der Waals surface area contributed by atoms with Gasteiger partial charge in [0.15, 0.2) is 5.78 Å². The molecule has 0 aliphatic rings. The van der Waals surface area contributed by atoms with Gasteiger partial charge in [-0.2, -0.15) is 0 Å². The fraction of sp³-hybridized carbons (Fsp3) is 0.176. The minimum absolute atomic E-state index is 0.0213. The zero-order chi connectivity index (χ0) is 15.9. The van der Waals surface area contributed by atoms with Crippen molar-refractivity contribution in [3.63, 3.8) is 0 Å². The number of anilines is 1. The lowest BCUT2D eigenvalue weighted by molar-refractivity contribution is -0.115. The van der Waals surface area contributed by atoms with Crippen LogP contribution in [0.3, 0.4) is 0 Å². The van der Waals surface area contributed by atoms with Crippen molar-refractivity contribution < 1.29 is 14.0 Å². The first-order chi connectivity index (χ1) is 10.6. The van der Waals surface area contributed by atoms with Crippen LogP contribution in [0.15, 0.2) is 54.6 Å². The summed E-state index contributed by atoms with van der Waals surface area (Å²) in [5.74, 6) is -0.351. The van der Waals surface area contributed by atoms with E-state index in [0.29, 0.717) is 5.56 Å². The molecule has 0 spiro atoms. The van der Waals surface area contributed by atoms with Gasteiger partial charge in [-0.3, -0.25) is 9.59 Å². The van der Waals surface area contributed by atoms with E-state index in [1.165, 1.54) is 29.8 Å². The Morgan fingerprint density at radius 2 is 1.64 bits per heavy atom. The third kappa shape index (κ3) is 4.18. The lowest BCUT2D eigenvalue weighted by Gasteiger charge is -2.17. The number of hydrogen-bond acceptors (Lipinski definition) is 3. The van der Waals surface area contributed by atoms with Gasteiger partial charge in [0.05, 0.1) is 17.2 Å². The molecule has 0 aliphatic carbocycles. The number of halogens is 1. The number of benzene rings is 2. The minimum atomic E-state index is -0.441. The SMILES string of the molecule is CN(C(=O)CSCC(=O)c1ccccc1)c1ccccc1F. The summed E-state index contributed by atoms with van der Waals surface area (Å²) in [4.78, 5) is 25.2. The Morgan fingerprint density at radius 1 is 1.00 bits per heavy atom. The first-order valence-electron chi connectivity index (χ1n) is 6.76. The molecule has 0 saturated heterocycles. The maximum absolute atomic E-state index is 13.6. The van der Waals surface area contributed by atoms with Crippen LogP contribution in [0.5, 0.6) is 0 Å². The van der Waals surface area contributed by atoms with Crippen LogP contribution in [0.2, 0.25) is 0 Å². The van der Waals surface area contributed by atoms with Crippen molar-refractivity contribution in [2.45, 2.75) is 0 Å². The van der Waals surface area contributed by atoms with Gasteiger partial charge < -0.3 is 4.90 Å². The molecule has 0 fully saturated rings. The smallest absolute Gasteiger partial charge is 0.236 e. The van der Waals surface area contributed by atoms with Gasteiger partial charge in [-0.05, 0) is 12.1 Å². The predicted octanol–water partition coefficient (Wildman–Crippen LogP) is 3.40. The Bertz CT molecular complexity index is 661. The van der Waals surface area contributed by atoms with E-state index in [1.807, 2.05) is 6.07 Å². The molecule has 0 unspecified atom stereocenters. The number of amides is 1. The van der Waals surface area contributed by atoms with E-state index in [0.717, 1.165) is 0 Å². The fourth-order valence-corrected chi connectivity index (χ4v) is 2.72. The Morgan fingerprint density at radius 3 is 2.32 bits per heavy atom. The molecule has 1 amide bonds. The quantitative estimate of drug-likeness (QED) is 0.766. The van der Waals surface area contributed by atoms with Crippen LogP contribution in [0, 0.1) is 5.82 Å². The second-order valence-electron chi connectivity index (χ2n) is 4.69. The number of ketones is 1. The highest BCUT2D eigenvalue weighted by molar-refractivity contribution is 8.00. The van der Waals surface area contributed by atoms with Crippen molar-refractivity contribution in [3.8, 4) is 0 Å². The molecule has 2 rings (SSSR count). The molecule has 0 bridgehead atoms. The highest BCUT2D eigenvalue weighted by atomic mass is 32.2. The topological polar surface area (TPSA) is 37.4 Å². The number of para-hydroxylation sites is 1. The Labute approximate surface area is 133 Å². The molecule has 2 aromatic carbocycles. The second-order valence-corrected chi connectivity index (χ2v) is 5.67. The zero-order valence-electron chi connectivity index (χ0n) is 12.2. The summed E-state index contributed by atoms with van der Waals surface area (Å²) < 4.78 is 13.6. The van der Waals surface area contributed by atoms with E-state index >= 15 is 0 Å². The summed E-state index contributed by atoms with van der Waals surface area (Å²) in [6.45, 7) is 0. The minimum Gasteiger partial charge on any atom is -0.312 e. The summed E-state index contributed by atoms with van der Waals surface area (Å²) >= 11 is 1.23. The van der Waals surface area contributed by atoms with Crippen LogP contribution >= 0.6 is 11.8 Å². The molecular formula is C17H16FNO2S. The lowest BCUT2D eigenvalue weighted by atomic mass is 10.2. The van der Waals surface area contributed by atoms with Crippen LogP contribution in [0.1, 0.15) is 10.4 Å². The first-order valence-corrected chi connectivity index (χ1v) is 7.92. The molecule has 0 heterocycles. The third-order valence-corrected chi connectivity index (χ3v) is 4.06. The van der Waals surface area contributed by atoms with Crippen LogP contribution in [0.4, 0.5) is 10.1 Å². The molecule has 22 heavy (non-hydrogen) atoms. The number of nitrogens with zero attached hydrogens (tertiary/aromatic N) is 1. The van der Waals surface area contributed by atoms with E-state index in [4.69, 9.17) is 0 Å². The maximum atomic E-state index is 13.6. The van der Waals surface area contributed by atoms with Crippen LogP contribution < -0.4 is 4.90 Å². The summed E-state index contributed by atoms with van der Waals surface area (Å²) in [5, 5.41) is 0. The summed E-state index contributed by atoms with van der Waals surface area (Å²) in [6.07, 6.45) is 0. The average Bonchev–Trinajstić information content (AvgIpc) is 2.55. The summed E-state index contributed by atoms with van der Waals surface area (Å²) in [7, 11) is 1.53. The molecule has 0 atom stereocenters. The number of hydrogen-bond donors (Lipinski definition) is 0. The van der Waals surface area contributed by atoms with Crippen LogP contribution in [-0.4, -0.2) is 30.2 Å². The molecular weight excluding hydrogens is 301 g/mol. The van der Waals surface area contributed by atoms with Gasteiger partial charge >= 0.3 is 0 Å². The molecule has 2 aromatic rings. The van der Waals surface area contributed by atoms with Gasteiger partial charge in [0.2, 0.25) is 5.91 Å². The van der Waals surface area contributed by atoms with Crippen molar-refractivity contribution in [2.75, 3.05) is 23.5 Å². The molecule has 0 saturated carbocycles. The maximum Gasteiger partial charge on any atom is 0.236 e. The standard InChI is InChI=1S/C17H16FNO2S/c1-19(15-10-6-5-9-14(15)18)17(21)12-22-11-16(20)13-7-3-2-4-8-13/h2-10H,11-12H2,1H3. The van der Waals surface area contributed by atoms with Crippen LogP contribution in [0.25, 0.3) is 0 Å². The highest BCUT2D eigenvalue weighted by Crippen LogP contribution is 2.18. The molecule has 3 nitrogen and oxygen atoms in total. The van der Waals surface area contributed by atoms with Crippen molar-refractivity contribution in [1.29, 1.82) is 0 Å². The molecule has 5 heteroatoms. The van der Waals surface area contributed by atoms with Crippen molar-refractivity contribution >= 4 is 29.1 Å². The van der Waals surface area contributed by atoms with E-state index in [9.17, 15) is 14.0 Å². The van der Waals surface area contributed by atoms with E-state index in [2.05, 4.69) is 0 Å². The van der Waals surface area contributed by atoms with Crippen molar-refractivity contribution in [3.05, 3.63) is 66.0 Å². The predicted molar refractivity (Wildman–Crippen MR) is 87.9 cm³/mol. The monoisotopic (exact) mass is 317 g/mol. The lowest BCUT2D eigenvalue weighted by Crippen LogP contribution is -2.29. The molecule has 0 aromatic heterocycles.